The van der Waals surface area contributed by atoms with E-state index >= 15 is 0 Å². The molecule has 0 rings (SSSR count). The van der Waals surface area contributed by atoms with Crippen molar-refractivity contribution in [3.05, 3.63) is 72.9 Å². The summed E-state index contributed by atoms with van der Waals surface area (Å²) in [6.45, 7) is 5.00. The number of ether oxygens (including phenoxy) is 2. The van der Waals surface area contributed by atoms with E-state index < -0.39 is 6.10 Å². The van der Waals surface area contributed by atoms with Gasteiger partial charge in [-0.25, -0.2) is 0 Å². The van der Waals surface area contributed by atoms with Gasteiger partial charge in [-0.15, -0.1) is 0 Å². The van der Waals surface area contributed by atoms with Gasteiger partial charge >= 0.3 is 5.97 Å². The molecule has 0 fully saturated rings. The lowest BCUT2D eigenvalue weighted by Crippen LogP contribution is -2.27. The van der Waals surface area contributed by atoms with E-state index in [1.165, 1.54) is 12.8 Å². The van der Waals surface area contributed by atoms with Gasteiger partial charge in [0.2, 0.25) is 0 Å². The van der Waals surface area contributed by atoms with Gasteiger partial charge in [0.05, 0.1) is 13.2 Å². The number of hydrogen-bond donors (Lipinski definition) is 1. The number of esters is 1. The van der Waals surface area contributed by atoms with Crippen molar-refractivity contribution in [2.75, 3.05) is 19.8 Å². The molecule has 0 aliphatic rings. The van der Waals surface area contributed by atoms with Crippen molar-refractivity contribution in [3.63, 3.8) is 0 Å². The quantitative estimate of drug-likeness (QED) is 0.0638. The molecule has 0 saturated carbocycles. The number of unbranched alkanes of at least 4 members (excludes halogenated alkanes) is 7. The third-order valence-corrected chi connectivity index (χ3v) is 6.03. The lowest BCUT2D eigenvalue weighted by Gasteiger charge is -2.15. The van der Waals surface area contributed by atoms with Crippen molar-refractivity contribution in [2.45, 2.75) is 123 Å². The first-order chi connectivity index (χ1) is 19.2. The van der Waals surface area contributed by atoms with Crippen LogP contribution < -0.4 is 0 Å². The van der Waals surface area contributed by atoms with Gasteiger partial charge in [0.15, 0.2) is 0 Å². The fourth-order valence-corrected chi connectivity index (χ4v) is 3.76. The number of rotatable bonds is 27. The van der Waals surface area contributed by atoms with Crippen LogP contribution in [0.3, 0.4) is 0 Å². The van der Waals surface area contributed by atoms with Crippen LogP contribution in [0.15, 0.2) is 72.9 Å². The van der Waals surface area contributed by atoms with Gasteiger partial charge in [0.25, 0.3) is 0 Å². The second-order valence-corrected chi connectivity index (χ2v) is 9.76. The summed E-state index contributed by atoms with van der Waals surface area (Å²) in [6, 6.07) is 0. The SMILES string of the molecule is CC/C=C\C/C=C\C/C=C\CCCCCCOCC(CO)OC(=O)CCCCC/C=C\C/C=C\C/C=C\CC. The van der Waals surface area contributed by atoms with Gasteiger partial charge in [-0.2, -0.15) is 0 Å². The maximum atomic E-state index is 12.1. The molecule has 4 nitrogen and oxygen atoms in total. The van der Waals surface area contributed by atoms with Gasteiger partial charge in [-0.1, -0.05) is 106 Å². The zero-order valence-electron chi connectivity index (χ0n) is 25.1. The predicted octanol–water partition coefficient (Wildman–Crippen LogP) is 9.53. The van der Waals surface area contributed by atoms with Crippen molar-refractivity contribution in [2.24, 2.45) is 0 Å². The summed E-state index contributed by atoms with van der Waals surface area (Å²) in [4.78, 5) is 12.1. The van der Waals surface area contributed by atoms with E-state index in [4.69, 9.17) is 9.47 Å². The summed E-state index contributed by atoms with van der Waals surface area (Å²) in [5, 5.41) is 9.50. The van der Waals surface area contributed by atoms with Crippen LogP contribution >= 0.6 is 0 Å². The van der Waals surface area contributed by atoms with Crippen molar-refractivity contribution in [1.82, 2.24) is 0 Å². The third-order valence-electron chi connectivity index (χ3n) is 6.03. The minimum Gasteiger partial charge on any atom is -0.457 e. The van der Waals surface area contributed by atoms with Crippen LogP contribution in [0, 0.1) is 0 Å². The minimum atomic E-state index is -0.562. The topological polar surface area (TPSA) is 55.8 Å². The molecule has 0 aromatic heterocycles. The molecule has 0 spiro atoms. The summed E-state index contributed by atoms with van der Waals surface area (Å²) >= 11 is 0. The Labute approximate surface area is 240 Å². The molecule has 222 valence electrons. The first-order valence-corrected chi connectivity index (χ1v) is 15.5. The Morgan fingerprint density at radius 3 is 1.59 bits per heavy atom. The van der Waals surface area contributed by atoms with Crippen molar-refractivity contribution in [3.8, 4) is 0 Å². The van der Waals surface area contributed by atoms with E-state index in [0.29, 0.717) is 13.0 Å². The average Bonchev–Trinajstić information content (AvgIpc) is 2.94. The van der Waals surface area contributed by atoms with E-state index in [2.05, 4.69) is 86.8 Å². The molecule has 0 aliphatic carbocycles. The van der Waals surface area contributed by atoms with Crippen LogP contribution in [0.25, 0.3) is 0 Å². The zero-order valence-corrected chi connectivity index (χ0v) is 25.1. The molecular weight excluding hydrogens is 484 g/mol. The largest absolute Gasteiger partial charge is 0.457 e. The molecule has 0 aromatic rings. The molecule has 0 amide bonds. The van der Waals surface area contributed by atoms with Gasteiger partial charge < -0.3 is 14.6 Å². The van der Waals surface area contributed by atoms with Gasteiger partial charge in [-0.3, -0.25) is 4.79 Å². The van der Waals surface area contributed by atoms with Crippen LogP contribution in [-0.4, -0.2) is 37.0 Å². The molecular formula is C35H58O4. The number of allylic oxidation sites excluding steroid dienone is 12. The van der Waals surface area contributed by atoms with Crippen LogP contribution in [0.2, 0.25) is 0 Å². The van der Waals surface area contributed by atoms with Gasteiger partial charge in [0.1, 0.15) is 6.10 Å². The monoisotopic (exact) mass is 542 g/mol. The standard InChI is InChI=1S/C35H58O4/c1-3-5-7-9-11-13-15-17-19-21-23-25-27-29-31-38-33-34(32-36)39-35(37)30-28-26-24-22-20-18-16-14-12-10-8-6-4-2/h5-8,11-14,17-20,34,36H,3-4,9-10,15-16,21-33H2,1-2H3/b7-5-,8-6-,13-11-,14-12-,19-17-,20-18-. The van der Waals surface area contributed by atoms with E-state index in [-0.39, 0.29) is 19.2 Å². The Balaban J connectivity index is 3.60. The highest BCUT2D eigenvalue weighted by molar-refractivity contribution is 5.69. The molecule has 4 heteroatoms. The second-order valence-electron chi connectivity index (χ2n) is 9.76. The summed E-state index contributed by atoms with van der Waals surface area (Å²) < 4.78 is 11.0. The Morgan fingerprint density at radius 1 is 0.615 bits per heavy atom. The third kappa shape index (κ3) is 30.2. The smallest absolute Gasteiger partial charge is 0.306 e. The molecule has 1 N–H and O–H groups in total. The highest BCUT2D eigenvalue weighted by atomic mass is 16.6. The maximum Gasteiger partial charge on any atom is 0.306 e. The van der Waals surface area contributed by atoms with E-state index in [1.807, 2.05) is 0 Å². The van der Waals surface area contributed by atoms with E-state index in [1.54, 1.807) is 0 Å². The Bertz CT molecular complexity index is 699. The normalized spacial score (nSPS) is 13.4. The molecule has 0 radical (unpaired) electrons. The van der Waals surface area contributed by atoms with Crippen LogP contribution in [0.5, 0.6) is 0 Å². The highest BCUT2D eigenvalue weighted by Crippen LogP contribution is 2.08. The molecule has 1 atom stereocenters. The summed E-state index contributed by atoms with van der Waals surface area (Å²) in [7, 11) is 0. The maximum absolute atomic E-state index is 12.1. The van der Waals surface area contributed by atoms with Crippen molar-refractivity contribution >= 4 is 5.97 Å². The molecule has 0 aliphatic heterocycles. The molecule has 0 bridgehead atoms. The molecule has 39 heavy (non-hydrogen) atoms. The van der Waals surface area contributed by atoms with Crippen LogP contribution in [-0.2, 0) is 14.3 Å². The number of aliphatic hydroxyl groups is 1. The molecule has 0 heterocycles. The first kappa shape index (κ1) is 36.8. The summed E-state index contributed by atoms with van der Waals surface area (Å²) in [5.74, 6) is -0.243. The Kier molecular flexibility index (Phi) is 30.3. The Hall–Kier alpha value is -2.17. The molecule has 1 unspecified atom stereocenters. The van der Waals surface area contributed by atoms with Crippen molar-refractivity contribution in [1.29, 1.82) is 0 Å². The van der Waals surface area contributed by atoms with Crippen LogP contribution in [0.1, 0.15) is 117 Å². The lowest BCUT2D eigenvalue weighted by molar-refractivity contribution is -0.154. The fourth-order valence-electron chi connectivity index (χ4n) is 3.76. The average molecular weight is 543 g/mol. The number of carbonyl (C=O) groups excluding carboxylic acids is 1. The molecule has 0 saturated heterocycles. The fraction of sp³-hybridized carbons (Fsp3) is 0.629. The predicted molar refractivity (Wildman–Crippen MR) is 168 cm³/mol. The lowest BCUT2D eigenvalue weighted by atomic mass is 10.1. The Morgan fingerprint density at radius 2 is 1.08 bits per heavy atom. The second kappa shape index (κ2) is 32.0. The molecule has 0 aromatic carbocycles. The zero-order chi connectivity index (χ0) is 28.5. The van der Waals surface area contributed by atoms with Gasteiger partial charge in [0, 0.05) is 13.0 Å². The minimum absolute atomic E-state index is 0.198. The number of aliphatic hydroxyl groups excluding tert-OH is 1. The highest BCUT2D eigenvalue weighted by Gasteiger charge is 2.13. The van der Waals surface area contributed by atoms with Gasteiger partial charge in [-0.05, 0) is 77.0 Å². The van der Waals surface area contributed by atoms with Crippen LogP contribution in [0.4, 0.5) is 0 Å². The van der Waals surface area contributed by atoms with E-state index in [9.17, 15) is 9.90 Å². The summed E-state index contributed by atoms with van der Waals surface area (Å²) in [6.07, 6.45) is 42.2. The van der Waals surface area contributed by atoms with Crippen molar-refractivity contribution < 1.29 is 19.4 Å². The number of carbonyl (C=O) groups is 1. The summed E-state index contributed by atoms with van der Waals surface area (Å²) in [5.41, 5.74) is 0. The first-order valence-electron chi connectivity index (χ1n) is 15.5. The van der Waals surface area contributed by atoms with E-state index in [0.717, 1.165) is 83.5 Å². The number of hydrogen-bond acceptors (Lipinski definition) is 4.